The number of hydrogen-bond donors (Lipinski definition) is 2. The van der Waals surface area contributed by atoms with Crippen molar-refractivity contribution in [3.8, 4) is 11.3 Å². The maximum atomic E-state index is 13.6. The van der Waals surface area contributed by atoms with Crippen molar-refractivity contribution in [3.63, 3.8) is 0 Å². The lowest BCUT2D eigenvalue weighted by molar-refractivity contribution is 0.153. The Hall–Kier alpha value is -3.40. The lowest BCUT2D eigenvalue weighted by Crippen LogP contribution is -2.01. The summed E-state index contributed by atoms with van der Waals surface area (Å²) in [6, 6.07) is 11.1. The number of nitrogens with zero attached hydrogens (tertiary/aromatic N) is 4. The van der Waals surface area contributed by atoms with Crippen LogP contribution in [-0.4, -0.2) is 19.9 Å². The van der Waals surface area contributed by atoms with E-state index in [1.807, 2.05) is 0 Å². The van der Waals surface area contributed by atoms with Crippen LogP contribution in [0.25, 0.3) is 22.3 Å². The van der Waals surface area contributed by atoms with Gasteiger partial charge in [-0.15, -0.1) is 0 Å². The second-order valence-electron chi connectivity index (χ2n) is 6.71. The molecule has 3 heterocycles. The first-order valence-electron chi connectivity index (χ1n) is 9.22. The van der Waals surface area contributed by atoms with Gasteiger partial charge in [0.05, 0.1) is 11.9 Å². The number of halogens is 3. The number of anilines is 2. The minimum Gasteiger partial charge on any atom is -0.368 e. The van der Waals surface area contributed by atoms with Crippen LogP contribution in [0.3, 0.4) is 0 Å². The van der Waals surface area contributed by atoms with Gasteiger partial charge in [-0.25, -0.2) is 33.1 Å². The van der Waals surface area contributed by atoms with Gasteiger partial charge in [-0.3, -0.25) is 0 Å². The number of fused-ring (bicyclic) bond motifs is 1. The Morgan fingerprint density at radius 1 is 1.06 bits per heavy atom. The number of alkyl halides is 2. The van der Waals surface area contributed by atoms with Crippen molar-refractivity contribution in [2.75, 3.05) is 10.5 Å². The highest BCUT2D eigenvalue weighted by Crippen LogP contribution is 2.31. The number of hydrogen-bond acceptors (Lipinski definition) is 7. The smallest absolute Gasteiger partial charge is 0.266 e. The zero-order chi connectivity index (χ0) is 22.0. The molecule has 4 rings (SSSR count). The molecule has 31 heavy (non-hydrogen) atoms. The molecule has 0 radical (unpaired) electrons. The molecule has 0 aliphatic carbocycles. The Morgan fingerprint density at radius 3 is 2.55 bits per heavy atom. The lowest BCUT2D eigenvalue weighted by atomic mass is 10.1. The quantitative estimate of drug-likeness (QED) is 0.391. The van der Waals surface area contributed by atoms with Crippen molar-refractivity contribution in [1.82, 2.24) is 19.9 Å². The number of aryl methyl sites for hydroxylation is 1. The molecule has 0 bridgehead atoms. The van der Waals surface area contributed by atoms with E-state index in [1.165, 1.54) is 36.3 Å². The van der Waals surface area contributed by atoms with Crippen molar-refractivity contribution in [2.45, 2.75) is 19.1 Å². The van der Waals surface area contributed by atoms with Gasteiger partial charge >= 0.3 is 0 Å². The Bertz CT molecular complexity index is 1230. The van der Waals surface area contributed by atoms with Gasteiger partial charge in [0.15, 0.2) is 0 Å². The van der Waals surface area contributed by atoms with Crippen LogP contribution >= 0.6 is 11.9 Å². The molecule has 3 aromatic heterocycles. The van der Waals surface area contributed by atoms with Crippen LogP contribution in [0.2, 0.25) is 0 Å². The predicted octanol–water partition coefficient (Wildman–Crippen LogP) is 5.31. The van der Waals surface area contributed by atoms with E-state index in [2.05, 4.69) is 24.7 Å². The van der Waals surface area contributed by atoms with Gasteiger partial charge in [0.25, 0.3) is 6.43 Å². The number of nitrogens with two attached hydrogens (primary N) is 1. The molecule has 1 aromatic carbocycles. The number of nitrogens with one attached hydrogen (secondary N) is 1. The molecule has 158 valence electrons. The van der Waals surface area contributed by atoms with Crippen LogP contribution < -0.4 is 10.5 Å². The molecule has 0 aliphatic rings. The average Bonchev–Trinajstić information content (AvgIpc) is 2.74. The first kappa shape index (κ1) is 20.9. The topological polar surface area (TPSA) is 89.6 Å². The van der Waals surface area contributed by atoms with Crippen LogP contribution in [0.4, 0.5) is 24.9 Å². The van der Waals surface area contributed by atoms with Gasteiger partial charge in [-0.1, -0.05) is 12.1 Å². The van der Waals surface area contributed by atoms with E-state index in [0.29, 0.717) is 28.5 Å². The van der Waals surface area contributed by atoms with Crippen molar-refractivity contribution < 1.29 is 13.2 Å². The summed E-state index contributed by atoms with van der Waals surface area (Å²) < 4.78 is 43.3. The van der Waals surface area contributed by atoms with Crippen LogP contribution in [-0.2, 0) is 5.75 Å². The molecule has 3 N–H and O–H groups in total. The summed E-state index contributed by atoms with van der Waals surface area (Å²) >= 11 is 1.41. The molecule has 0 fully saturated rings. The highest BCUT2D eigenvalue weighted by molar-refractivity contribution is 7.99. The zero-order valence-corrected chi connectivity index (χ0v) is 17.1. The summed E-state index contributed by atoms with van der Waals surface area (Å²) in [5.74, 6) is 0.868. The van der Waals surface area contributed by atoms with Gasteiger partial charge in [0.2, 0.25) is 5.95 Å². The van der Waals surface area contributed by atoms with Gasteiger partial charge in [0.1, 0.15) is 22.7 Å². The average molecular weight is 442 g/mol. The summed E-state index contributed by atoms with van der Waals surface area (Å²) in [7, 11) is 0. The van der Waals surface area contributed by atoms with Crippen LogP contribution in [0.5, 0.6) is 0 Å². The van der Waals surface area contributed by atoms with Gasteiger partial charge < -0.3 is 10.5 Å². The Morgan fingerprint density at radius 2 is 1.84 bits per heavy atom. The van der Waals surface area contributed by atoms with E-state index < -0.39 is 6.43 Å². The van der Waals surface area contributed by atoms with Gasteiger partial charge in [-0.05, 0) is 54.8 Å². The largest absolute Gasteiger partial charge is 0.368 e. The fourth-order valence-electron chi connectivity index (χ4n) is 3.03. The molecule has 4 aromatic rings. The van der Waals surface area contributed by atoms with E-state index in [-0.39, 0.29) is 28.4 Å². The summed E-state index contributed by atoms with van der Waals surface area (Å²) in [5, 5.41) is 0. The first-order chi connectivity index (χ1) is 14.9. The highest BCUT2D eigenvalue weighted by Gasteiger charge is 2.18. The van der Waals surface area contributed by atoms with Crippen LogP contribution in [0.15, 0.2) is 48.7 Å². The molecule has 0 spiro atoms. The van der Waals surface area contributed by atoms with Crippen molar-refractivity contribution in [3.05, 3.63) is 71.3 Å². The van der Waals surface area contributed by atoms with E-state index in [4.69, 9.17) is 5.73 Å². The van der Waals surface area contributed by atoms with Crippen molar-refractivity contribution in [1.29, 1.82) is 0 Å². The van der Waals surface area contributed by atoms with E-state index in [9.17, 15) is 13.2 Å². The molecule has 0 saturated carbocycles. The van der Waals surface area contributed by atoms with Gasteiger partial charge in [0, 0.05) is 22.6 Å². The molecule has 0 aliphatic heterocycles. The van der Waals surface area contributed by atoms with E-state index in [1.54, 1.807) is 31.2 Å². The normalized spacial score (nSPS) is 11.3. The second kappa shape index (κ2) is 8.76. The zero-order valence-electron chi connectivity index (χ0n) is 16.3. The highest BCUT2D eigenvalue weighted by atomic mass is 32.2. The summed E-state index contributed by atoms with van der Waals surface area (Å²) in [6.45, 7) is 1.78. The predicted molar refractivity (Wildman–Crippen MR) is 116 cm³/mol. The SMILES string of the molecule is Cc1nc(NSCc2ccc(F)cc2)ccc1-c1cc(C(F)F)c2nc(N)ncc2n1. The minimum atomic E-state index is -2.74. The third kappa shape index (κ3) is 4.69. The maximum absolute atomic E-state index is 13.6. The van der Waals surface area contributed by atoms with Crippen molar-refractivity contribution in [2.24, 2.45) is 0 Å². The second-order valence-corrected chi connectivity index (χ2v) is 7.49. The number of pyridine rings is 2. The Labute approximate surface area is 180 Å². The number of aromatic nitrogens is 4. The van der Waals surface area contributed by atoms with E-state index >= 15 is 0 Å². The third-order valence-electron chi connectivity index (χ3n) is 4.52. The standard InChI is InChI=1S/C21H17F3N6S/c1-11-14(6-7-18(27-11)30-31-10-12-2-4-13(22)5-3-12)16-8-15(20(23)24)19-17(28-16)9-26-21(25)29-19/h2-9,20H,10H2,1H3,(H,27,30)(H2,25,26,29). The van der Waals surface area contributed by atoms with Gasteiger partial charge in [-0.2, -0.15) is 0 Å². The maximum Gasteiger partial charge on any atom is 0.266 e. The fourth-order valence-corrected chi connectivity index (χ4v) is 3.72. The summed E-state index contributed by atoms with van der Waals surface area (Å²) in [5.41, 5.74) is 8.11. The molecule has 0 unspecified atom stereocenters. The van der Waals surface area contributed by atoms with Crippen LogP contribution in [0.1, 0.15) is 23.2 Å². The molecule has 6 nitrogen and oxygen atoms in total. The number of nitrogen functional groups attached to an aromatic ring is 1. The minimum absolute atomic E-state index is 0.0346. The molecule has 0 saturated heterocycles. The summed E-state index contributed by atoms with van der Waals surface area (Å²) in [4.78, 5) is 16.7. The fraction of sp³-hybridized carbons (Fsp3) is 0.143. The molecule has 0 atom stereocenters. The van der Waals surface area contributed by atoms with E-state index in [0.717, 1.165) is 5.56 Å². The number of rotatable bonds is 6. The van der Waals surface area contributed by atoms with Crippen molar-refractivity contribution >= 4 is 34.7 Å². The molecular weight excluding hydrogens is 425 g/mol. The Balaban J connectivity index is 1.57. The molecule has 10 heteroatoms. The molecular formula is C21H17F3N6S. The third-order valence-corrected chi connectivity index (χ3v) is 5.35. The monoisotopic (exact) mass is 442 g/mol. The molecule has 0 amide bonds. The summed E-state index contributed by atoms with van der Waals surface area (Å²) in [6.07, 6.45) is -1.41. The Kier molecular flexibility index (Phi) is 5.90. The number of benzene rings is 1. The lowest BCUT2D eigenvalue weighted by Gasteiger charge is -2.12. The van der Waals surface area contributed by atoms with Crippen LogP contribution in [0, 0.1) is 12.7 Å². The first-order valence-corrected chi connectivity index (χ1v) is 10.2.